The Bertz CT molecular complexity index is 504. The van der Waals surface area contributed by atoms with E-state index in [0.717, 1.165) is 30.6 Å². The minimum absolute atomic E-state index is 0.0517. The summed E-state index contributed by atoms with van der Waals surface area (Å²) in [7, 11) is 0. The van der Waals surface area contributed by atoms with Crippen molar-refractivity contribution in [1.82, 2.24) is 4.90 Å². The first-order chi connectivity index (χ1) is 9.31. The van der Waals surface area contributed by atoms with E-state index < -0.39 is 0 Å². The van der Waals surface area contributed by atoms with Gasteiger partial charge < -0.3 is 10.2 Å². The van der Waals surface area contributed by atoms with Gasteiger partial charge in [0.1, 0.15) is 5.66 Å². The first-order valence-corrected chi connectivity index (χ1v) is 7.50. The Kier molecular flexibility index (Phi) is 3.81. The average molecular weight is 274 g/mol. The summed E-state index contributed by atoms with van der Waals surface area (Å²) in [5.74, 6) is 0.144. The topological polar surface area (TPSA) is 32.3 Å². The van der Waals surface area contributed by atoms with Crippen molar-refractivity contribution in [3.05, 3.63) is 29.8 Å². The summed E-state index contributed by atoms with van der Waals surface area (Å²) in [4.78, 5) is 14.9. The van der Waals surface area contributed by atoms with Gasteiger partial charge in [0.05, 0.1) is 5.56 Å². The molecule has 110 valence electrons. The molecule has 0 aliphatic carbocycles. The Labute approximate surface area is 122 Å². The van der Waals surface area contributed by atoms with Gasteiger partial charge >= 0.3 is 0 Å². The van der Waals surface area contributed by atoms with Crippen LogP contribution in [0.15, 0.2) is 24.3 Å². The highest BCUT2D eigenvalue weighted by atomic mass is 16.2. The highest BCUT2D eigenvalue weighted by Crippen LogP contribution is 2.41. The summed E-state index contributed by atoms with van der Waals surface area (Å²) >= 11 is 0. The Morgan fingerprint density at radius 3 is 2.50 bits per heavy atom. The minimum Gasteiger partial charge on any atom is -0.362 e. The van der Waals surface area contributed by atoms with Crippen molar-refractivity contribution in [2.24, 2.45) is 5.41 Å². The average Bonchev–Trinajstić information content (AvgIpc) is 2.37. The van der Waals surface area contributed by atoms with Gasteiger partial charge in [0, 0.05) is 17.6 Å². The van der Waals surface area contributed by atoms with Gasteiger partial charge in [-0.05, 0) is 25.5 Å². The number of rotatable bonds is 3. The zero-order valence-electron chi connectivity index (χ0n) is 13.3. The molecule has 20 heavy (non-hydrogen) atoms. The van der Waals surface area contributed by atoms with Crippen molar-refractivity contribution in [2.45, 2.75) is 53.1 Å². The van der Waals surface area contributed by atoms with Crippen LogP contribution < -0.4 is 5.32 Å². The van der Waals surface area contributed by atoms with Gasteiger partial charge in [0.15, 0.2) is 0 Å². The number of nitrogens with zero attached hydrogens (tertiary/aromatic N) is 1. The molecule has 0 spiro atoms. The number of nitrogens with one attached hydrogen (secondary N) is 1. The maximum atomic E-state index is 12.9. The number of hydrogen-bond donors (Lipinski definition) is 1. The van der Waals surface area contributed by atoms with Gasteiger partial charge in [0.2, 0.25) is 0 Å². The normalized spacial score (nSPS) is 22.4. The van der Waals surface area contributed by atoms with Gasteiger partial charge in [-0.3, -0.25) is 4.79 Å². The second-order valence-electron chi connectivity index (χ2n) is 6.80. The third-order valence-electron chi connectivity index (χ3n) is 4.52. The molecule has 2 rings (SSSR count). The molecule has 0 saturated carbocycles. The molecule has 3 nitrogen and oxygen atoms in total. The minimum atomic E-state index is -0.367. The van der Waals surface area contributed by atoms with Crippen LogP contribution in [0.4, 0.5) is 5.69 Å². The van der Waals surface area contributed by atoms with Crippen molar-refractivity contribution in [3.63, 3.8) is 0 Å². The van der Waals surface area contributed by atoms with Crippen LogP contribution in [0, 0.1) is 5.41 Å². The fourth-order valence-corrected chi connectivity index (χ4v) is 2.69. The number of para-hydroxylation sites is 1. The third-order valence-corrected chi connectivity index (χ3v) is 4.52. The van der Waals surface area contributed by atoms with E-state index in [0.29, 0.717) is 0 Å². The number of carbonyl (C=O) groups excluding carboxylic acids is 1. The lowest BCUT2D eigenvalue weighted by atomic mass is 9.78. The van der Waals surface area contributed by atoms with Gasteiger partial charge in [-0.25, -0.2) is 0 Å². The van der Waals surface area contributed by atoms with Crippen molar-refractivity contribution >= 4 is 11.6 Å². The van der Waals surface area contributed by atoms with E-state index in [1.807, 2.05) is 29.2 Å². The van der Waals surface area contributed by atoms with Crippen LogP contribution in [0.2, 0.25) is 0 Å². The smallest absolute Gasteiger partial charge is 0.257 e. The lowest BCUT2D eigenvalue weighted by Crippen LogP contribution is -2.64. The number of carbonyl (C=O) groups is 1. The van der Waals surface area contributed by atoms with E-state index in [4.69, 9.17) is 0 Å². The van der Waals surface area contributed by atoms with Crippen LogP contribution in [-0.2, 0) is 0 Å². The fraction of sp³-hybridized carbons (Fsp3) is 0.588. The number of fused-ring (bicyclic) bond motifs is 1. The summed E-state index contributed by atoms with van der Waals surface area (Å²) in [5, 5.41) is 3.61. The number of anilines is 1. The van der Waals surface area contributed by atoms with Crippen LogP contribution in [0.1, 0.15) is 57.8 Å². The molecule has 0 saturated heterocycles. The molecule has 3 heteroatoms. The van der Waals surface area contributed by atoms with Crippen molar-refractivity contribution in [2.75, 3.05) is 11.9 Å². The summed E-state index contributed by atoms with van der Waals surface area (Å²) in [6, 6.07) is 7.81. The predicted molar refractivity (Wildman–Crippen MR) is 83.9 cm³/mol. The fourth-order valence-electron chi connectivity index (χ4n) is 2.69. The van der Waals surface area contributed by atoms with Crippen LogP contribution in [0.5, 0.6) is 0 Å². The molecule has 0 radical (unpaired) electrons. The molecule has 1 unspecified atom stereocenters. The molecular weight excluding hydrogens is 248 g/mol. The quantitative estimate of drug-likeness (QED) is 0.899. The Morgan fingerprint density at radius 2 is 1.90 bits per heavy atom. The largest absolute Gasteiger partial charge is 0.362 e. The second-order valence-corrected chi connectivity index (χ2v) is 6.80. The monoisotopic (exact) mass is 274 g/mol. The first kappa shape index (κ1) is 14.9. The standard InChI is InChI=1S/C17H26N2O/c1-6-7-12-19-15(20)13-10-8-9-11-14(13)18-17(19,5)16(2,3)4/h8-11,18H,6-7,12H2,1-5H3. The number of benzene rings is 1. The number of unbranched alkanes of at least 4 members (excludes halogenated alkanes) is 1. The molecule has 1 aromatic carbocycles. The Balaban J connectivity index is 2.48. The van der Waals surface area contributed by atoms with Gasteiger partial charge in [0.25, 0.3) is 5.91 Å². The highest BCUT2D eigenvalue weighted by molar-refractivity contribution is 6.02. The van der Waals surface area contributed by atoms with Crippen molar-refractivity contribution < 1.29 is 4.79 Å². The predicted octanol–water partition coefficient (Wildman–Crippen LogP) is 4.12. The van der Waals surface area contributed by atoms with E-state index in [1.165, 1.54) is 0 Å². The zero-order valence-corrected chi connectivity index (χ0v) is 13.3. The molecule has 1 atom stereocenters. The van der Waals surface area contributed by atoms with E-state index in [-0.39, 0.29) is 17.0 Å². The SMILES string of the molecule is CCCCN1C(=O)c2ccccc2NC1(C)C(C)(C)C. The van der Waals surface area contributed by atoms with Crippen LogP contribution in [-0.4, -0.2) is 23.0 Å². The van der Waals surface area contributed by atoms with E-state index in [1.54, 1.807) is 0 Å². The molecule has 1 amide bonds. The summed E-state index contributed by atoms with van der Waals surface area (Å²) < 4.78 is 0. The highest BCUT2D eigenvalue weighted by Gasteiger charge is 2.48. The van der Waals surface area contributed by atoms with Crippen molar-refractivity contribution in [3.8, 4) is 0 Å². The van der Waals surface area contributed by atoms with Crippen LogP contribution in [0.3, 0.4) is 0 Å². The molecule has 1 aromatic rings. The van der Waals surface area contributed by atoms with E-state index in [9.17, 15) is 4.79 Å². The van der Waals surface area contributed by atoms with E-state index >= 15 is 0 Å². The van der Waals surface area contributed by atoms with E-state index in [2.05, 4.69) is 39.9 Å². The summed E-state index contributed by atoms with van der Waals surface area (Å²) in [5.41, 5.74) is 1.31. The molecule has 0 aromatic heterocycles. The second kappa shape index (κ2) is 5.12. The Morgan fingerprint density at radius 1 is 1.25 bits per heavy atom. The summed E-state index contributed by atoms with van der Waals surface area (Å²) in [6.45, 7) is 11.6. The van der Waals surface area contributed by atoms with Gasteiger partial charge in [-0.15, -0.1) is 0 Å². The van der Waals surface area contributed by atoms with Crippen LogP contribution >= 0.6 is 0 Å². The molecule has 1 aliphatic heterocycles. The molecule has 1 aliphatic rings. The van der Waals surface area contributed by atoms with Crippen molar-refractivity contribution in [1.29, 1.82) is 0 Å². The van der Waals surface area contributed by atoms with Gasteiger partial charge in [-0.1, -0.05) is 46.2 Å². The first-order valence-electron chi connectivity index (χ1n) is 7.50. The molecule has 1 heterocycles. The lowest BCUT2D eigenvalue weighted by molar-refractivity contribution is 0.0192. The maximum absolute atomic E-state index is 12.9. The number of hydrogen-bond acceptors (Lipinski definition) is 2. The maximum Gasteiger partial charge on any atom is 0.257 e. The molecule has 0 bridgehead atoms. The Hall–Kier alpha value is -1.51. The molecule has 0 fully saturated rings. The third kappa shape index (κ3) is 2.30. The summed E-state index contributed by atoms with van der Waals surface area (Å²) in [6.07, 6.45) is 2.12. The zero-order chi connectivity index (χ0) is 15.0. The van der Waals surface area contributed by atoms with Gasteiger partial charge in [-0.2, -0.15) is 0 Å². The number of amides is 1. The van der Waals surface area contributed by atoms with Crippen LogP contribution in [0.25, 0.3) is 0 Å². The molecule has 1 N–H and O–H groups in total. The lowest BCUT2D eigenvalue weighted by Gasteiger charge is -2.53. The molecular formula is C17H26N2O.